The summed E-state index contributed by atoms with van der Waals surface area (Å²) in [4.78, 5) is 14.0. The monoisotopic (exact) mass is 284 g/mol. The van der Waals surface area contributed by atoms with Crippen LogP contribution in [0.25, 0.3) is 0 Å². The molecule has 1 heterocycles. The minimum absolute atomic E-state index is 0.181. The van der Waals surface area contributed by atoms with E-state index in [9.17, 15) is 4.79 Å². The standard InChI is InChI=1S/C16H32N2O2/c1-12-11-18(14(19)20-15(2,3)4)10-7-13(12)16(5,6)8-9-17/h12-13H,7-11,17H2,1-6H3. The van der Waals surface area contributed by atoms with Gasteiger partial charge in [-0.15, -0.1) is 0 Å². The Labute approximate surface area is 124 Å². The molecule has 1 aliphatic rings. The van der Waals surface area contributed by atoms with Crippen LogP contribution < -0.4 is 5.73 Å². The summed E-state index contributed by atoms with van der Waals surface area (Å²) in [6.45, 7) is 14.9. The fourth-order valence-electron chi connectivity index (χ4n) is 3.36. The molecular weight excluding hydrogens is 252 g/mol. The molecule has 2 atom stereocenters. The van der Waals surface area contributed by atoms with Crippen molar-refractivity contribution in [3.8, 4) is 0 Å². The van der Waals surface area contributed by atoms with Gasteiger partial charge >= 0.3 is 6.09 Å². The van der Waals surface area contributed by atoms with E-state index in [1.165, 1.54) is 0 Å². The largest absolute Gasteiger partial charge is 0.444 e. The summed E-state index contributed by atoms with van der Waals surface area (Å²) in [6, 6.07) is 0. The van der Waals surface area contributed by atoms with Crippen molar-refractivity contribution in [1.29, 1.82) is 0 Å². The summed E-state index contributed by atoms with van der Waals surface area (Å²) in [7, 11) is 0. The van der Waals surface area contributed by atoms with Crippen LogP contribution in [-0.2, 0) is 4.74 Å². The third-order valence-corrected chi connectivity index (χ3v) is 4.35. The molecule has 1 amide bonds. The third-order valence-electron chi connectivity index (χ3n) is 4.35. The first kappa shape index (κ1) is 17.3. The van der Waals surface area contributed by atoms with Gasteiger partial charge in [-0.2, -0.15) is 0 Å². The van der Waals surface area contributed by atoms with E-state index in [1.54, 1.807) is 0 Å². The number of piperidine rings is 1. The molecule has 0 aromatic heterocycles. The maximum absolute atomic E-state index is 12.1. The summed E-state index contributed by atoms with van der Waals surface area (Å²) in [5, 5.41) is 0. The summed E-state index contributed by atoms with van der Waals surface area (Å²) in [5.74, 6) is 1.10. The minimum atomic E-state index is -0.421. The molecule has 20 heavy (non-hydrogen) atoms. The van der Waals surface area contributed by atoms with Gasteiger partial charge in [-0.25, -0.2) is 4.79 Å². The lowest BCUT2D eigenvalue weighted by Gasteiger charge is -2.45. The number of rotatable bonds is 3. The Bertz CT molecular complexity index is 334. The number of likely N-dealkylation sites (tertiary alicyclic amines) is 1. The molecule has 0 aromatic rings. The van der Waals surface area contributed by atoms with Crippen molar-refractivity contribution in [2.24, 2.45) is 23.0 Å². The normalized spacial score (nSPS) is 24.6. The van der Waals surface area contributed by atoms with Gasteiger partial charge in [-0.3, -0.25) is 0 Å². The number of nitrogens with zero attached hydrogens (tertiary/aromatic N) is 1. The topological polar surface area (TPSA) is 55.6 Å². The first-order chi connectivity index (χ1) is 9.07. The van der Waals surface area contributed by atoms with Crippen LogP contribution in [0.2, 0.25) is 0 Å². The molecule has 0 bridgehead atoms. The van der Waals surface area contributed by atoms with Crippen LogP contribution in [0.1, 0.15) is 54.4 Å². The Morgan fingerprint density at radius 2 is 1.90 bits per heavy atom. The number of hydrogen-bond acceptors (Lipinski definition) is 3. The van der Waals surface area contributed by atoms with Gasteiger partial charge in [0.05, 0.1) is 0 Å². The second-order valence-corrected chi connectivity index (χ2v) is 7.83. The van der Waals surface area contributed by atoms with E-state index in [-0.39, 0.29) is 11.5 Å². The second-order valence-electron chi connectivity index (χ2n) is 7.83. The Morgan fingerprint density at radius 1 is 1.30 bits per heavy atom. The maximum atomic E-state index is 12.1. The van der Waals surface area contributed by atoms with Crippen LogP contribution >= 0.6 is 0 Å². The fourth-order valence-corrected chi connectivity index (χ4v) is 3.36. The molecule has 0 aliphatic carbocycles. The molecule has 118 valence electrons. The van der Waals surface area contributed by atoms with Gasteiger partial charge < -0.3 is 15.4 Å². The van der Waals surface area contributed by atoms with Crippen LogP contribution in [0.3, 0.4) is 0 Å². The lowest BCUT2D eigenvalue weighted by Crippen LogP contribution is -2.48. The Morgan fingerprint density at radius 3 is 2.35 bits per heavy atom. The highest BCUT2D eigenvalue weighted by atomic mass is 16.6. The molecule has 4 nitrogen and oxygen atoms in total. The first-order valence-electron chi connectivity index (χ1n) is 7.75. The van der Waals surface area contributed by atoms with Gasteiger partial charge in [-0.1, -0.05) is 20.8 Å². The summed E-state index contributed by atoms with van der Waals surface area (Å²) < 4.78 is 5.46. The highest BCUT2D eigenvalue weighted by Gasteiger charge is 2.38. The van der Waals surface area contributed by atoms with E-state index >= 15 is 0 Å². The quantitative estimate of drug-likeness (QED) is 0.865. The Kier molecular flexibility index (Phi) is 5.47. The van der Waals surface area contributed by atoms with E-state index in [2.05, 4.69) is 20.8 Å². The predicted octanol–water partition coefficient (Wildman–Crippen LogP) is 3.25. The molecule has 0 aromatic carbocycles. The van der Waals surface area contributed by atoms with Crippen LogP contribution in [-0.4, -0.2) is 36.2 Å². The molecule has 2 unspecified atom stereocenters. The molecule has 1 rings (SSSR count). The number of hydrogen-bond donors (Lipinski definition) is 1. The van der Waals surface area contributed by atoms with Gasteiger partial charge in [-0.05, 0) is 57.4 Å². The number of carbonyl (C=O) groups is 1. The van der Waals surface area contributed by atoms with Crippen LogP contribution in [0.5, 0.6) is 0 Å². The highest BCUT2D eigenvalue weighted by Crippen LogP contribution is 2.40. The molecule has 1 aliphatic heterocycles. The van der Waals surface area contributed by atoms with E-state index in [0.29, 0.717) is 11.8 Å². The first-order valence-corrected chi connectivity index (χ1v) is 7.75. The molecule has 4 heteroatoms. The summed E-state index contributed by atoms with van der Waals surface area (Å²) in [6.07, 6.45) is 1.89. The van der Waals surface area contributed by atoms with Crippen molar-refractivity contribution in [3.63, 3.8) is 0 Å². The van der Waals surface area contributed by atoms with Gasteiger partial charge in [0.15, 0.2) is 0 Å². The Balaban J connectivity index is 2.61. The van der Waals surface area contributed by atoms with E-state index < -0.39 is 5.60 Å². The lowest BCUT2D eigenvalue weighted by atomic mass is 9.67. The molecule has 0 radical (unpaired) electrons. The smallest absolute Gasteiger partial charge is 0.410 e. The zero-order valence-corrected chi connectivity index (χ0v) is 14.0. The SMILES string of the molecule is CC1CN(C(=O)OC(C)(C)C)CCC1C(C)(C)CCN. The Hall–Kier alpha value is -0.770. The van der Waals surface area contributed by atoms with Crippen molar-refractivity contribution in [1.82, 2.24) is 4.90 Å². The zero-order chi connectivity index (χ0) is 15.6. The molecule has 1 saturated heterocycles. The predicted molar refractivity (Wildman–Crippen MR) is 82.5 cm³/mol. The lowest BCUT2D eigenvalue weighted by molar-refractivity contribution is -0.00241. The summed E-state index contributed by atoms with van der Waals surface area (Å²) in [5.41, 5.74) is 5.55. The number of amides is 1. The van der Waals surface area contributed by atoms with Crippen molar-refractivity contribution < 1.29 is 9.53 Å². The van der Waals surface area contributed by atoms with Crippen molar-refractivity contribution in [3.05, 3.63) is 0 Å². The van der Waals surface area contributed by atoms with Gasteiger partial charge in [0.1, 0.15) is 5.60 Å². The summed E-state index contributed by atoms with van der Waals surface area (Å²) >= 11 is 0. The van der Waals surface area contributed by atoms with E-state index in [4.69, 9.17) is 10.5 Å². The average Bonchev–Trinajstić information content (AvgIpc) is 2.25. The average molecular weight is 284 g/mol. The fraction of sp³-hybridized carbons (Fsp3) is 0.938. The van der Waals surface area contributed by atoms with Crippen molar-refractivity contribution >= 4 is 6.09 Å². The van der Waals surface area contributed by atoms with Crippen LogP contribution in [0.15, 0.2) is 0 Å². The number of carbonyl (C=O) groups excluding carboxylic acids is 1. The molecule has 1 fully saturated rings. The highest BCUT2D eigenvalue weighted by molar-refractivity contribution is 5.68. The third kappa shape index (κ3) is 4.65. The zero-order valence-electron chi connectivity index (χ0n) is 14.0. The maximum Gasteiger partial charge on any atom is 0.410 e. The number of nitrogens with two attached hydrogens (primary N) is 1. The van der Waals surface area contributed by atoms with Crippen molar-refractivity contribution in [2.75, 3.05) is 19.6 Å². The van der Waals surface area contributed by atoms with E-state index in [0.717, 1.165) is 32.5 Å². The second kappa shape index (κ2) is 6.33. The molecule has 0 saturated carbocycles. The minimum Gasteiger partial charge on any atom is -0.444 e. The van der Waals surface area contributed by atoms with Gasteiger partial charge in [0.25, 0.3) is 0 Å². The van der Waals surface area contributed by atoms with E-state index in [1.807, 2.05) is 25.7 Å². The molecule has 2 N–H and O–H groups in total. The molecular formula is C16H32N2O2. The number of ether oxygens (including phenoxy) is 1. The van der Waals surface area contributed by atoms with Gasteiger partial charge in [0, 0.05) is 13.1 Å². The van der Waals surface area contributed by atoms with Crippen molar-refractivity contribution in [2.45, 2.75) is 60.0 Å². The molecule has 0 spiro atoms. The van der Waals surface area contributed by atoms with Gasteiger partial charge in [0.2, 0.25) is 0 Å². The van der Waals surface area contributed by atoms with Crippen LogP contribution in [0, 0.1) is 17.3 Å². The van der Waals surface area contributed by atoms with Crippen LogP contribution in [0.4, 0.5) is 4.79 Å².